The van der Waals surface area contributed by atoms with E-state index in [1.54, 1.807) is 6.07 Å². The zero-order valence-electron chi connectivity index (χ0n) is 16.2. The van der Waals surface area contributed by atoms with Crippen molar-refractivity contribution >= 4 is 11.4 Å². The van der Waals surface area contributed by atoms with Crippen molar-refractivity contribution in [2.75, 3.05) is 6.61 Å². The Kier molecular flexibility index (Phi) is 5.59. The van der Waals surface area contributed by atoms with Crippen LogP contribution in [-0.4, -0.2) is 24.3 Å². The summed E-state index contributed by atoms with van der Waals surface area (Å²) < 4.78 is 25.2. The summed E-state index contributed by atoms with van der Waals surface area (Å²) in [6.45, 7) is 8.08. The summed E-state index contributed by atoms with van der Waals surface area (Å²) in [6, 6.07) is 12.2. The molecule has 0 N–H and O–H groups in total. The first-order valence-corrected chi connectivity index (χ1v) is 9.38. The molecule has 2 aromatic rings. The highest BCUT2D eigenvalue weighted by Crippen LogP contribution is 2.33. The van der Waals surface area contributed by atoms with Gasteiger partial charge >= 0.3 is 0 Å². The molecule has 4 rings (SSSR count). The molecule has 0 bridgehead atoms. The maximum Gasteiger partial charge on any atom is 0.193 e. The number of hydrogen-bond acceptors (Lipinski definition) is 3. The minimum Gasteiger partial charge on any atom is -0.347 e. The first-order chi connectivity index (χ1) is 12.9. The number of carbonyl (C=O) groups is 1. The Morgan fingerprint density at radius 1 is 1.07 bits per heavy atom. The molecule has 1 heterocycles. The second kappa shape index (κ2) is 7.75. The average Bonchev–Trinajstić information content (AvgIpc) is 2.96. The molecule has 3 nitrogen and oxygen atoms in total. The highest BCUT2D eigenvalue weighted by Gasteiger charge is 2.33. The van der Waals surface area contributed by atoms with E-state index >= 15 is 0 Å². The smallest absolute Gasteiger partial charge is 0.193 e. The predicted octanol–water partition coefficient (Wildman–Crippen LogP) is 5.17. The lowest BCUT2D eigenvalue weighted by molar-refractivity contribution is -0.133. The number of hydrogen-bond donors (Lipinski definition) is 0. The Morgan fingerprint density at radius 3 is 2.48 bits per heavy atom. The van der Waals surface area contributed by atoms with E-state index in [9.17, 15) is 9.18 Å². The van der Waals surface area contributed by atoms with E-state index in [0.29, 0.717) is 24.2 Å². The van der Waals surface area contributed by atoms with E-state index in [-0.39, 0.29) is 11.9 Å². The van der Waals surface area contributed by atoms with Gasteiger partial charge in [0.1, 0.15) is 11.9 Å². The van der Waals surface area contributed by atoms with Crippen LogP contribution < -0.4 is 0 Å². The number of ketones is 1. The summed E-state index contributed by atoms with van der Waals surface area (Å²) in [4.78, 5) is 13.2. The van der Waals surface area contributed by atoms with Crippen molar-refractivity contribution in [3.63, 3.8) is 0 Å². The van der Waals surface area contributed by atoms with E-state index in [4.69, 9.17) is 9.47 Å². The number of allylic oxidation sites excluding steroid dienone is 1. The summed E-state index contributed by atoms with van der Waals surface area (Å²) in [5, 5.41) is 0. The second-order valence-corrected chi connectivity index (χ2v) is 6.91. The van der Waals surface area contributed by atoms with Crippen LogP contribution in [0, 0.1) is 5.82 Å². The van der Waals surface area contributed by atoms with Crippen molar-refractivity contribution in [3.8, 4) is 0 Å². The number of benzene rings is 2. The van der Waals surface area contributed by atoms with Crippen LogP contribution in [0.15, 0.2) is 48.5 Å². The molecule has 2 aliphatic rings. The maximum atomic E-state index is 13.7. The van der Waals surface area contributed by atoms with E-state index in [1.165, 1.54) is 12.1 Å². The minimum absolute atomic E-state index is 0.173. The van der Waals surface area contributed by atoms with Gasteiger partial charge in [0.25, 0.3) is 0 Å². The first kappa shape index (κ1) is 19.5. The lowest BCUT2D eigenvalue weighted by atomic mass is 9.95. The molecule has 4 heteroatoms. The minimum atomic E-state index is -0.668. The van der Waals surface area contributed by atoms with Crippen LogP contribution in [0.5, 0.6) is 0 Å². The number of fused-ring (bicyclic) bond motifs is 2. The Balaban J connectivity index is 0.00000102. The molecular weight excluding hydrogens is 343 g/mol. The molecular formula is C23H25FO3. The molecule has 1 aliphatic carbocycles. The van der Waals surface area contributed by atoms with Crippen molar-refractivity contribution in [3.05, 3.63) is 76.6 Å². The van der Waals surface area contributed by atoms with Gasteiger partial charge in [0.05, 0.1) is 6.61 Å². The maximum absolute atomic E-state index is 13.7. The van der Waals surface area contributed by atoms with Gasteiger partial charge in [0.15, 0.2) is 11.6 Å². The van der Waals surface area contributed by atoms with E-state index in [1.807, 2.05) is 58.0 Å². The van der Waals surface area contributed by atoms with Gasteiger partial charge in [-0.1, -0.05) is 44.2 Å². The molecule has 0 amide bonds. The highest BCUT2D eigenvalue weighted by molar-refractivity contribution is 6.30. The number of carbonyl (C=O) groups excluding carboxylic acids is 1. The molecule has 0 saturated carbocycles. The quantitative estimate of drug-likeness (QED) is 0.651. The van der Waals surface area contributed by atoms with Crippen LogP contribution in [0.3, 0.4) is 0 Å². The zero-order valence-corrected chi connectivity index (χ0v) is 16.2. The summed E-state index contributed by atoms with van der Waals surface area (Å²) in [6.07, 6.45) is 2.11. The van der Waals surface area contributed by atoms with Gasteiger partial charge in [-0.2, -0.15) is 0 Å². The van der Waals surface area contributed by atoms with Crippen molar-refractivity contribution in [2.45, 2.75) is 46.0 Å². The van der Waals surface area contributed by atoms with Crippen molar-refractivity contribution < 1.29 is 18.7 Å². The van der Waals surface area contributed by atoms with Gasteiger partial charge in [-0.3, -0.25) is 4.79 Å². The first-order valence-electron chi connectivity index (χ1n) is 9.38. The van der Waals surface area contributed by atoms with Gasteiger partial charge in [-0.25, -0.2) is 4.39 Å². The van der Waals surface area contributed by atoms with Gasteiger partial charge in [0, 0.05) is 11.1 Å². The molecule has 1 saturated heterocycles. The Labute approximate surface area is 159 Å². The van der Waals surface area contributed by atoms with Crippen LogP contribution in [-0.2, 0) is 15.9 Å². The van der Waals surface area contributed by atoms with Crippen LogP contribution in [0.4, 0.5) is 4.39 Å². The van der Waals surface area contributed by atoms with Crippen LogP contribution in [0.25, 0.3) is 5.57 Å². The third kappa shape index (κ3) is 4.02. The fourth-order valence-electron chi connectivity index (χ4n) is 3.47. The molecule has 1 unspecified atom stereocenters. The van der Waals surface area contributed by atoms with Gasteiger partial charge in [0.2, 0.25) is 0 Å². The van der Waals surface area contributed by atoms with Crippen LogP contribution in [0.2, 0.25) is 0 Å². The van der Waals surface area contributed by atoms with Crippen molar-refractivity contribution in [2.24, 2.45) is 0 Å². The molecule has 142 valence electrons. The largest absolute Gasteiger partial charge is 0.347 e. The highest BCUT2D eigenvalue weighted by atomic mass is 19.1. The molecule has 1 fully saturated rings. The molecule has 2 aromatic carbocycles. The molecule has 0 spiro atoms. The van der Waals surface area contributed by atoms with Crippen molar-refractivity contribution in [1.29, 1.82) is 0 Å². The SMILES string of the molecule is CC.CC1(C)OCC(/C=C2/C(=O)c3cc(F)ccc3Cc3ccccc32)O1. The van der Waals surface area contributed by atoms with Gasteiger partial charge in [-0.05, 0) is 55.2 Å². The van der Waals surface area contributed by atoms with Gasteiger partial charge < -0.3 is 9.47 Å². The monoisotopic (exact) mass is 368 g/mol. The summed E-state index contributed by atoms with van der Waals surface area (Å²) in [5.41, 5.74) is 3.72. The molecule has 0 radical (unpaired) electrons. The Bertz CT molecular complexity index is 883. The lowest BCUT2D eigenvalue weighted by Gasteiger charge is -2.16. The number of ether oxygens (including phenoxy) is 2. The zero-order chi connectivity index (χ0) is 19.6. The van der Waals surface area contributed by atoms with E-state index in [0.717, 1.165) is 16.7 Å². The third-order valence-corrected chi connectivity index (χ3v) is 4.63. The Morgan fingerprint density at radius 2 is 1.78 bits per heavy atom. The summed E-state index contributed by atoms with van der Waals surface area (Å²) >= 11 is 0. The van der Waals surface area contributed by atoms with Gasteiger partial charge in [-0.15, -0.1) is 0 Å². The molecule has 1 atom stereocenters. The van der Waals surface area contributed by atoms with Crippen molar-refractivity contribution in [1.82, 2.24) is 0 Å². The van der Waals surface area contributed by atoms with E-state index in [2.05, 4.69) is 0 Å². The standard InChI is InChI=1S/C21H19FO3.C2H6/c1-21(2)24-12-16(25-21)11-19-17-6-4-3-5-13(17)9-14-7-8-15(22)10-18(14)20(19)23;1-2/h3-8,10-11,16H,9,12H2,1-2H3;1-2H3/b19-11+;. The average molecular weight is 368 g/mol. The Hall–Kier alpha value is -2.30. The van der Waals surface area contributed by atoms with Crippen LogP contribution >= 0.6 is 0 Å². The van der Waals surface area contributed by atoms with Crippen LogP contribution in [0.1, 0.15) is 54.7 Å². The molecule has 0 aromatic heterocycles. The topological polar surface area (TPSA) is 35.5 Å². The number of Topliss-reactive ketones (excluding diaryl/α,β-unsaturated/α-hetero) is 1. The van der Waals surface area contributed by atoms with E-state index < -0.39 is 11.6 Å². The second-order valence-electron chi connectivity index (χ2n) is 6.91. The normalized spacial score (nSPS) is 21.7. The summed E-state index contributed by atoms with van der Waals surface area (Å²) in [5.74, 6) is -1.24. The molecule has 27 heavy (non-hydrogen) atoms. The number of rotatable bonds is 1. The number of halogens is 1. The lowest BCUT2D eigenvalue weighted by Crippen LogP contribution is -2.21. The fraction of sp³-hybridized carbons (Fsp3) is 0.348. The molecule has 1 aliphatic heterocycles. The predicted molar refractivity (Wildman–Crippen MR) is 104 cm³/mol. The third-order valence-electron chi connectivity index (χ3n) is 4.63. The summed E-state index contributed by atoms with van der Waals surface area (Å²) in [7, 11) is 0. The fourth-order valence-corrected chi connectivity index (χ4v) is 3.47.